The van der Waals surface area contributed by atoms with Crippen LogP contribution in [0.5, 0.6) is 5.75 Å². The number of carbonyl (C=O) groups is 1. The first-order valence-corrected chi connectivity index (χ1v) is 9.32. The number of hydrogen-bond acceptors (Lipinski definition) is 7. The van der Waals surface area contributed by atoms with Crippen LogP contribution in [0.4, 0.5) is 0 Å². The molecule has 0 amide bonds. The van der Waals surface area contributed by atoms with Gasteiger partial charge in [-0.2, -0.15) is 5.26 Å². The fraction of sp³-hybridized carbons (Fsp3) is 0.100. The minimum Gasteiger partial charge on any atom is -0.507 e. The van der Waals surface area contributed by atoms with Gasteiger partial charge in [0.2, 0.25) is 0 Å². The molecule has 3 rings (SSSR count). The summed E-state index contributed by atoms with van der Waals surface area (Å²) in [6.45, 7) is 0. The van der Waals surface area contributed by atoms with Gasteiger partial charge in [0, 0.05) is 11.1 Å². The number of ether oxygens (including phenoxy) is 1. The number of aromatic nitrogens is 2. The number of esters is 1. The highest BCUT2D eigenvalue weighted by Crippen LogP contribution is 2.38. The molecule has 2 aromatic carbocycles. The predicted octanol–water partition coefficient (Wildman–Crippen LogP) is 3.19. The van der Waals surface area contributed by atoms with E-state index in [1.165, 1.54) is 18.9 Å². The van der Waals surface area contributed by atoms with Crippen LogP contribution in [0.15, 0.2) is 52.4 Å². The normalized spacial score (nSPS) is 10.3. The van der Waals surface area contributed by atoms with Crippen LogP contribution in [-0.2, 0) is 4.74 Å². The summed E-state index contributed by atoms with van der Waals surface area (Å²) in [6, 6.07) is 13.4. The maximum atomic E-state index is 12.2. The van der Waals surface area contributed by atoms with Crippen molar-refractivity contribution in [2.45, 2.75) is 5.16 Å². The van der Waals surface area contributed by atoms with E-state index in [-0.39, 0.29) is 22.6 Å². The zero-order valence-corrected chi connectivity index (χ0v) is 15.8. The zero-order chi connectivity index (χ0) is 20.3. The van der Waals surface area contributed by atoms with Crippen molar-refractivity contribution in [2.24, 2.45) is 0 Å². The molecule has 1 aromatic heterocycles. The Morgan fingerprint density at radius 1 is 1.25 bits per heavy atom. The van der Waals surface area contributed by atoms with Gasteiger partial charge in [0.15, 0.2) is 5.16 Å². The van der Waals surface area contributed by atoms with E-state index in [1.807, 2.05) is 6.07 Å². The average Bonchev–Trinajstić information content (AvgIpc) is 2.72. The molecule has 0 aliphatic heterocycles. The number of H-pyrrole nitrogens is 1. The molecule has 28 heavy (non-hydrogen) atoms. The lowest BCUT2D eigenvalue weighted by Crippen LogP contribution is -2.14. The molecule has 0 spiro atoms. The second-order valence-electron chi connectivity index (χ2n) is 5.68. The number of hydrogen-bond donors (Lipinski definition) is 2. The number of rotatable bonds is 4. The Hall–Kier alpha value is -3.57. The number of carbonyl (C=O) groups excluding carboxylic acids is 1. The Balaban J connectivity index is 2.22. The summed E-state index contributed by atoms with van der Waals surface area (Å²) in [5.74, 6) is -0.642. The summed E-state index contributed by atoms with van der Waals surface area (Å²) < 4.78 is 4.73. The fourth-order valence-electron chi connectivity index (χ4n) is 2.75. The smallest absolute Gasteiger partial charge is 0.337 e. The van der Waals surface area contributed by atoms with E-state index in [2.05, 4.69) is 9.97 Å². The molecule has 0 aliphatic rings. The first-order chi connectivity index (χ1) is 13.5. The van der Waals surface area contributed by atoms with Crippen molar-refractivity contribution in [3.63, 3.8) is 0 Å². The van der Waals surface area contributed by atoms with Crippen molar-refractivity contribution < 1.29 is 14.6 Å². The van der Waals surface area contributed by atoms with E-state index < -0.39 is 11.5 Å². The molecule has 0 fully saturated rings. The first kappa shape index (κ1) is 19.2. The number of benzene rings is 2. The van der Waals surface area contributed by atoms with E-state index in [9.17, 15) is 20.0 Å². The third kappa shape index (κ3) is 3.48. The van der Waals surface area contributed by atoms with Crippen molar-refractivity contribution in [1.29, 1.82) is 5.26 Å². The number of phenolic OH excluding ortho intramolecular Hbond substituents is 1. The van der Waals surface area contributed by atoms with Gasteiger partial charge in [0.1, 0.15) is 23.1 Å². The predicted molar refractivity (Wildman–Crippen MR) is 105 cm³/mol. The molecule has 7 nitrogen and oxygen atoms in total. The molecular formula is C20H15N3O4S. The molecule has 3 aromatic rings. The maximum absolute atomic E-state index is 12.2. The Labute approximate surface area is 164 Å². The van der Waals surface area contributed by atoms with E-state index in [0.29, 0.717) is 21.8 Å². The van der Waals surface area contributed by atoms with Crippen molar-refractivity contribution in [2.75, 3.05) is 13.4 Å². The fourth-order valence-corrected chi connectivity index (χ4v) is 3.12. The zero-order valence-electron chi connectivity index (χ0n) is 15.0. The quantitative estimate of drug-likeness (QED) is 0.397. The van der Waals surface area contributed by atoms with Gasteiger partial charge in [0.05, 0.1) is 12.7 Å². The Morgan fingerprint density at radius 2 is 1.96 bits per heavy atom. The second-order valence-corrected chi connectivity index (χ2v) is 6.48. The van der Waals surface area contributed by atoms with Gasteiger partial charge in [-0.05, 0) is 30.0 Å². The molecule has 0 saturated carbocycles. The Morgan fingerprint density at radius 3 is 2.64 bits per heavy atom. The highest BCUT2D eigenvalue weighted by Gasteiger charge is 2.19. The van der Waals surface area contributed by atoms with Gasteiger partial charge in [0.25, 0.3) is 5.56 Å². The topological polar surface area (TPSA) is 116 Å². The third-order valence-corrected chi connectivity index (χ3v) is 4.67. The summed E-state index contributed by atoms with van der Waals surface area (Å²) in [7, 11) is 1.29. The average molecular weight is 393 g/mol. The monoisotopic (exact) mass is 393 g/mol. The number of aromatic amines is 1. The highest BCUT2D eigenvalue weighted by molar-refractivity contribution is 7.98. The van der Waals surface area contributed by atoms with Crippen LogP contribution in [0.25, 0.3) is 22.4 Å². The van der Waals surface area contributed by atoms with Gasteiger partial charge in [-0.15, -0.1) is 0 Å². The molecule has 8 heteroatoms. The van der Waals surface area contributed by atoms with Gasteiger partial charge < -0.3 is 14.8 Å². The molecule has 0 saturated heterocycles. The largest absolute Gasteiger partial charge is 0.507 e. The van der Waals surface area contributed by atoms with Crippen LogP contribution in [0.1, 0.15) is 15.9 Å². The van der Waals surface area contributed by atoms with Gasteiger partial charge in [-0.1, -0.05) is 36.0 Å². The summed E-state index contributed by atoms with van der Waals surface area (Å²) in [5, 5.41) is 20.6. The molecule has 2 N–H and O–H groups in total. The second kappa shape index (κ2) is 7.98. The van der Waals surface area contributed by atoms with Gasteiger partial charge >= 0.3 is 5.97 Å². The van der Waals surface area contributed by atoms with E-state index in [0.717, 1.165) is 0 Å². The molecule has 1 heterocycles. The van der Waals surface area contributed by atoms with Gasteiger partial charge in [-0.3, -0.25) is 4.79 Å². The number of nitrogens with zero attached hydrogens (tertiary/aromatic N) is 2. The first-order valence-electron chi connectivity index (χ1n) is 8.09. The van der Waals surface area contributed by atoms with E-state index in [4.69, 9.17) is 4.74 Å². The maximum Gasteiger partial charge on any atom is 0.337 e. The summed E-state index contributed by atoms with van der Waals surface area (Å²) in [4.78, 5) is 30.8. The number of aromatic hydroxyl groups is 1. The number of thioether (sulfide) groups is 1. The van der Waals surface area contributed by atoms with Crippen LogP contribution in [-0.4, -0.2) is 34.4 Å². The van der Waals surface area contributed by atoms with Crippen molar-refractivity contribution in [1.82, 2.24) is 9.97 Å². The van der Waals surface area contributed by atoms with Crippen molar-refractivity contribution in [3.8, 4) is 34.2 Å². The number of nitriles is 1. The van der Waals surface area contributed by atoms with Crippen molar-refractivity contribution in [3.05, 3.63) is 63.9 Å². The van der Waals surface area contributed by atoms with E-state index in [1.54, 1.807) is 48.7 Å². The van der Waals surface area contributed by atoms with Crippen molar-refractivity contribution >= 4 is 17.7 Å². The van der Waals surface area contributed by atoms with E-state index >= 15 is 0 Å². The highest BCUT2D eigenvalue weighted by atomic mass is 32.2. The molecule has 0 atom stereocenters. The number of methoxy groups -OCH3 is 1. The van der Waals surface area contributed by atoms with Crippen LogP contribution >= 0.6 is 11.8 Å². The molecular weight excluding hydrogens is 378 g/mol. The number of phenols is 1. The lowest BCUT2D eigenvalue weighted by molar-refractivity contribution is 0.0601. The molecule has 140 valence electrons. The third-order valence-electron chi connectivity index (χ3n) is 4.09. The van der Waals surface area contributed by atoms with Crippen LogP contribution in [0, 0.1) is 11.3 Å². The molecule has 0 unspecified atom stereocenters. The summed E-state index contributed by atoms with van der Waals surface area (Å²) in [6.07, 6.45) is 1.74. The molecule has 0 radical (unpaired) electrons. The lowest BCUT2D eigenvalue weighted by atomic mass is 9.97. The minimum absolute atomic E-state index is 0.0964. The molecule has 0 bridgehead atoms. The van der Waals surface area contributed by atoms with Crippen LogP contribution in [0.2, 0.25) is 0 Å². The number of nitrogens with one attached hydrogen (secondary N) is 1. The van der Waals surface area contributed by atoms with Crippen LogP contribution < -0.4 is 5.56 Å². The Kier molecular flexibility index (Phi) is 5.47. The summed E-state index contributed by atoms with van der Waals surface area (Å²) in [5.41, 5.74) is 0.929. The lowest BCUT2D eigenvalue weighted by Gasteiger charge is -2.12. The molecule has 0 aliphatic carbocycles. The summed E-state index contributed by atoms with van der Waals surface area (Å²) >= 11 is 1.22. The Bertz CT molecular complexity index is 1160. The number of para-hydroxylation sites is 1. The van der Waals surface area contributed by atoms with Gasteiger partial charge in [-0.25, -0.2) is 9.78 Å². The SMILES string of the molecule is COC(=O)c1cccc(-c2cccc(-c3nc(SC)[nH]c(=O)c3C#N)c2O)c1. The standard InChI is InChI=1S/C20H15N3O4S/c1-27-19(26)12-6-3-5-11(9-12)13-7-4-8-14(17(13)24)16-15(10-21)18(25)23-20(22-16)28-2/h3-9,24H,1-2H3,(H,22,23,25). The minimum atomic E-state index is -0.575. The van der Waals surface area contributed by atoms with Crippen LogP contribution in [0.3, 0.4) is 0 Å².